The van der Waals surface area contributed by atoms with Crippen molar-refractivity contribution in [3.05, 3.63) is 24.8 Å². The summed E-state index contributed by atoms with van der Waals surface area (Å²) in [4.78, 5) is 15.8. The van der Waals surface area contributed by atoms with Crippen LogP contribution < -0.4 is 0 Å². The molecule has 0 amide bonds. The van der Waals surface area contributed by atoms with E-state index in [9.17, 15) is 0 Å². The normalized spacial score (nSPS) is 10.0. The highest BCUT2D eigenvalue weighted by atomic mass is 15.0. The molecule has 4 heteroatoms. The average molecular weight is 132 g/mol. The molecular formula is C6H4N4. The molecule has 0 spiro atoms. The Bertz CT molecular complexity index is 281. The van der Waals surface area contributed by atoms with Gasteiger partial charge in [0.1, 0.15) is 0 Å². The summed E-state index contributed by atoms with van der Waals surface area (Å²) in [6.07, 6.45) is 6.38. The van der Waals surface area contributed by atoms with E-state index in [2.05, 4.69) is 19.9 Å². The quantitative estimate of drug-likeness (QED) is 0.521. The van der Waals surface area contributed by atoms with Crippen molar-refractivity contribution in [3.8, 4) is 0 Å². The first-order valence-electron chi connectivity index (χ1n) is 2.84. The van der Waals surface area contributed by atoms with Gasteiger partial charge in [0.2, 0.25) is 0 Å². The lowest BCUT2D eigenvalue weighted by molar-refractivity contribution is 1.16. The van der Waals surface area contributed by atoms with E-state index in [0.29, 0.717) is 11.3 Å². The predicted octanol–water partition coefficient (Wildman–Crippen LogP) is 0.420. The maximum atomic E-state index is 3.95. The van der Waals surface area contributed by atoms with Crippen LogP contribution in [0.2, 0.25) is 0 Å². The van der Waals surface area contributed by atoms with Gasteiger partial charge < -0.3 is 0 Å². The largest absolute Gasteiger partial charge is 0.232 e. The smallest absolute Gasteiger partial charge is 0.197 e. The first-order chi connectivity index (χ1) is 4.97. The third-order valence-corrected chi connectivity index (χ3v) is 1.12. The molecule has 0 saturated carbocycles. The number of rotatable bonds is 0. The highest BCUT2D eigenvalue weighted by Crippen LogP contribution is 1.96. The minimum absolute atomic E-state index is 0.588. The van der Waals surface area contributed by atoms with Gasteiger partial charge >= 0.3 is 0 Å². The minimum atomic E-state index is 0.588. The Morgan fingerprint density at radius 2 is 0.900 bits per heavy atom. The second-order valence-electron chi connectivity index (χ2n) is 1.76. The summed E-state index contributed by atoms with van der Waals surface area (Å²) in [6, 6.07) is 0. The van der Waals surface area contributed by atoms with Crippen LogP contribution in [0.15, 0.2) is 24.8 Å². The molecule has 48 valence electrons. The number of aromatic nitrogens is 4. The zero-order valence-corrected chi connectivity index (χ0v) is 5.10. The molecule has 0 aliphatic carbocycles. The monoisotopic (exact) mass is 132 g/mol. The van der Waals surface area contributed by atoms with E-state index < -0.39 is 0 Å². The SMILES string of the molecule is c1cnc2nccnc2n1. The molecule has 0 bridgehead atoms. The third kappa shape index (κ3) is 0.699. The molecule has 0 aromatic carbocycles. The zero-order chi connectivity index (χ0) is 6.81. The van der Waals surface area contributed by atoms with Crippen LogP contribution in [0.3, 0.4) is 0 Å². The van der Waals surface area contributed by atoms with E-state index in [0.717, 1.165) is 0 Å². The van der Waals surface area contributed by atoms with Crippen LogP contribution in [0.5, 0.6) is 0 Å². The van der Waals surface area contributed by atoms with E-state index in [-0.39, 0.29) is 0 Å². The van der Waals surface area contributed by atoms with Crippen molar-refractivity contribution in [1.29, 1.82) is 0 Å². The fourth-order valence-electron chi connectivity index (χ4n) is 0.713. The molecule has 0 radical (unpaired) electrons. The second-order valence-corrected chi connectivity index (χ2v) is 1.76. The Labute approximate surface area is 57.0 Å². The Hall–Kier alpha value is -1.58. The molecule has 2 aromatic heterocycles. The van der Waals surface area contributed by atoms with Gasteiger partial charge in [-0.2, -0.15) is 0 Å². The molecule has 0 unspecified atom stereocenters. The number of fused-ring (bicyclic) bond motifs is 1. The lowest BCUT2D eigenvalue weighted by Crippen LogP contribution is -1.87. The van der Waals surface area contributed by atoms with E-state index in [1.165, 1.54) is 0 Å². The topological polar surface area (TPSA) is 51.6 Å². The highest BCUT2D eigenvalue weighted by Gasteiger charge is 1.91. The molecule has 0 N–H and O–H groups in total. The second kappa shape index (κ2) is 1.98. The van der Waals surface area contributed by atoms with Crippen molar-refractivity contribution in [2.45, 2.75) is 0 Å². The van der Waals surface area contributed by atoms with Crippen molar-refractivity contribution < 1.29 is 0 Å². The molecule has 4 nitrogen and oxygen atoms in total. The van der Waals surface area contributed by atoms with E-state index in [1.54, 1.807) is 24.8 Å². The average Bonchev–Trinajstić information content (AvgIpc) is 2.05. The van der Waals surface area contributed by atoms with E-state index in [4.69, 9.17) is 0 Å². The summed E-state index contributed by atoms with van der Waals surface area (Å²) in [5.74, 6) is 0. The van der Waals surface area contributed by atoms with Crippen molar-refractivity contribution >= 4 is 11.3 Å². The summed E-state index contributed by atoms with van der Waals surface area (Å²) in [5.41, 5.74) is 1.18. The van der Waals surface area contributed by atoms with Gasteiger partial charge in [0.15, 0.2) is 11.3 Å². The van der Waals surface area contributed by atoms with Gasteiger partial charge in [-0.15, -0.1) is 0 Å². The maximum absolute atomic E-state index is 3.95. The van der Waals surface area contributed by atoms with Gasteiger partial charge in [0, 0.05) is 24.8 Å². The predicted molar refractivity (Wildman–Crippen MR) is 35.1 cm³/mol. The van der Waals surface area contributed by atoms with Crippen LogP contribution in [0.4, 0.5) is 0 Å². The van der Waals surface area contributed by atoms with Gasteiger partial charge in [0.25, 0.3) is 0 Å². The summed E-state index contributed by atoms with van der Waals surface area (Å²) in [7, 11) is 0. The van der Waals surface area contributed by atoms with E-state index >= 15 is 0 Å². The lowest BCUT2D eigenvalue weighted by Gasteiger charge is -1.88. The van der Waals surface area contributed by atoms with Gasteiger partial charge in [-0.05, 0) is 0 Å². The number of nitrogens with zero attached hydrogens (tertiary/aromatic N) is 4. The number of hydrogen-bond donors (Lipinski definition) is 0. The zero-order valence-electron chi connectivity index (χ0n) is 5.10. The molecule has 0 saturated heterocycles. The third-order valence-electron chi connectivity index (χ3n) is 1.12. The first-order valence-corrected chi connectivity index (χ1v) is 2.84. The van der Waals surface area contributed by atoms with Crippen LogP contribution in [0, 0.1) is 0 Å². The van der Waals surface area contributed by atoms with Gasteiger partial charge in [-0.1, -0.05) is 0 Å². The van der Waals surface area contributed by atoms with Crippen molar-refractivity contribution in [2.24, 2.45) is 0 Å². The fourth-order valence-corrected chi connectivity index (χ4v) is 0.713. The molecule has 0 aliphatic heterocycles. The fraction of sp³-hybridized carbons (Fsp3) is 0. The minimum Gasteiger partial charge on any atom is -0.232 e. The van der Waals surface area contributed by atoms with Crippen LogP contribution >= 0.6 is 0 Å². The summed E-state index contributed by atoms with van der Waals surface area (Å²) >= 11 is 0. The summed E-state index contributed by atoms with van der Waals surface area (Å²) in [5, 5.41) is 0. The van der Waals surface area contributed by atoms with Crippen LogP contribution in [0.1, 0.15) is 0 Å². The molecule has 0 atom stereocenters. The standard InChI is InChI=1S/C6H4N4/c1-2-8-6-5(7-1)9-3-4-10-6/h1-4H. The Balaban J connectivity index is 2.89. The maximum Gasteiger partial charge on any atom is 0.197 e. The van der Waals surface area contributed by atoms with Gasteiger partial charge in [-0.25, -0.2) is 19.9 Å². The number of hydrogen-bond acceptors (Lipinski definition) is 4. The van der Waals surface area contributed by atoms with Gasteiger partial charge in [0.05, 0.1) is 0 Å². The molecule has 2 heterocycles. The Morgan fingerprint density at radius 1 is 0.600 bits per heavy atom. The van der Waals surface area contributed by atoms with Crippen molar-refractivity contribution in [1.82, 2.24) is 19.9 Å². The van der Waals surface area contributed by atoms with Crippen LogP contribution in [-0.4, -0.2) is 19.9 Å². The molecule has 10 heavy (non-hydrogen) atoms. The summed E-state index contributed by atoms with van der Waals surface area (Å²) in [6.45, 7) is 0. The van der Waals surface area contributed by atoms with Crippen molar-refractivity contribution in [3.63, 3.8) is 0 Å². The van der Waals surface area contributed by atoms with Crippen LogP contribution in [-0.2, 0) is 0 Å². The molecule has 2 rings (SSSR count). The molecule has 0 fully saturated rings. The molecule has 0 aliphatic rings. The first kappa shape index (κ1) is 5.22. The summed E-state index contributed by atoms with van der Waals surface area (Å²) < 4.78 is 0. The molecular weight excluding hydrogens is 128 g/mol. The van der Waals surface area contributed by atoms with E-state index in [1.807, 2.05) is 0 Å². The molecule has 2 aromatic rings. The Kier molecular flexibility index (Phi) is 1.04. The highest BCUT2D eigenvalue weighted by molar-refractivity contribution is 5.62. The van der Waals surface area contributed by atoms with Gasteiger partial charge in [-0.3, -0.25) is 0 Å². The lowest BCUT2D eigenvalue weighted by atomic mass is 10.6. The van der Waals surface area contributed by atoms with Crippen molar-refractivity contribution in [2.75, 3.05) is 0 Å². The van der Waals surface area contributed by atoms with Crippen LogP contribution in [0.25, 0.3) is 11.3 Å². The Morgan fingerprint density at radius 3 is 1.20 bits per heavy atom.